The highest BCUT2D eigenvalue weighted by Crippen LogP contribution is 2.17. The first-order valence-corrected chi connectivity index (χ1v) is 10.4. The summed E-state index contributed by atoms with van der Waals surface area (Å²) < 4.78 is 11.2. The first-order chi connectivity index (χ1) is 15.2. The SMILES string of the molecule is C=CCOc1ccc(NC(=O)CNc2ccc(OCCCc3ccccc3)cc2)cc1. The van der Waals surface area contributed by atoms with Crippen LogP contribution in [0, 0.1) is 0 Å². The van der Waals surface area contributed by atoms with Gasteiger partial charge in [0.15, 0.2) is 0 Å². The van der Waals surface area contributed by atoms with E-state index in [1.165, 1.54) is 5.56 Å². The van der Waals surface area contributed by atoms with Gasteiger partial charge in [0.25, 0.3) is 0 Å². The molecule has 3 aromatic rings. The quantitative estimate of drug-likeness (QED) is 0.310. The van der Waals surface area contributed by atoms with Crippen LogP contribution in [0.25, 0.3) is 0 Å². The van der Waals surface area contributed by atoms with Crippen LogP contribution in [0.5, 0.6) is 11.5 Å². The minimum Gasteiger partial charge on any atom is -0.494 e. The van der Waals surface area contributed by atoms with E-state index in [0.717, 1.165) is 35.7 Å². The molecule has 0 aliphatic rings. The Morgan fingerprint density at radius 2 is 1.48 bits per heavy atom. The number of nitrogens with one attached hydrogen (secondary N) is 2. The van der Waals surface area contributed by atoms with Crippen LogP contribution in [0.3, 0.4) is 0 Å². The Hall–Kier alpha value is -3.73. The summed E-state index contributed by atoms with van der Waals surface area (Å²) in [7, 11) is 0. The van der Waals surface area contributed by atoms with E-state index < -0.39 is 0 Å². The summed E-state index contributed by atoms with van der Waals surface area (Å²) in [6, 6.07) is 25.3. The molecule has 0 fully saturated rings. The predicted molar refractivity (Wildman–Crippen MR) is 126 cm³/mol. The Morgan fingerprint density at radius 3 is 2.16 bits per heavy atom. The number of aryl methyl sites for hydroxylation is 1. The maximum atomic E-state index is 12.2. The van der Waals surface area contributed by atoms with Crippen LogP contribution in [0.1, 0.15) is 12.0 Å². The fraction of sp³-hybridized carbons (Fsp3) is 0.192. The minimum absolute atomic E-state index is 0.124. The van der Waals surface area contributed by atoms with Gasteiger partial charge in [0.2, 0.25) is 5.91 Å². The molecule has 31 heavy (non-hydrogen) atoms. The van der Waals surface area contributed by atoms with Crippen molar-refractivity contribution in [3.05, 3.63) is 97.1 Å². The smallest absolute Gasteiger partial charge is 0.243 e. The van der Waals surface area contributed by atoms with Crippen LogP contribution < -0.4 is 20.1 Å². The van der Waals surface area contributed by atoms with Gasteiger partial charge in [-0.1, -0.05) is 43.0 Å². The Balaban J connectivity index is 1.35. The molecule has 3 rings (SSSR count). The molecule has 0 heterocycles. The van der Waals surface area contributed by atoms with Crippen LogP contribution >= 0.6 is 0 Å². The lowest BCUT2D eigenvalue weighted by atomic mass is 10.1. The molecule has 0 aromatic heterocycles. The maximum absolute atomic E-state index is 12.2. The predicted octanol–water partition coefficient (Wildman–Crippen LogP) is 5.31. The van der Waals surface area contributed by atoms with Crippen molar-refractivity contribution >= 4 is 17.3 Å². The normalized spacial score (nSPS) is 10.2. The standard InChI is InChI=1S/C26H28N2O3/c1-2-18-30-24-16-12-23(13-17-24)28-26(29)20-27-22-10-14-25(15-11-22)31-19-6-9-21-7-4-3-5-8-21/h2-5,7-8,10-17,27H,1,6,9,18-20H2,(H,28,29). The molecule has 0 radical (unpaired) electrons. The first-order valence-electron chi connectivity index (χ1n) is 10.4. The molecule has 5 nitrogen and oxygen atoms in total. The summed E-state index contributed by atoms with van der Waals surface area (Å²) in [5.41, 5.74) is 2.90. The van der Waals surface area contributed by atoms with Crippen LogP contribution in [0.2, 0.25) is 0 Å². The van der Waals surface area contributed by atoms with E-state index in [2.05, 4.69) is 41.5 Å². The Morgan fingerprint density at radius 1 is 0.839 bits per heavy atom. The minimum atomic E-state index is -0.124. The number of anilines is 2. The molecule has 0 saturated carbocycles. The number of carbonyl (C=O) groups is 1. The lowest BCUT2D eigenvalue weighted by molar-refractivity contribution is -0.114. The second kappa shape index (κ2) is 12.1. The number of carbonyl (C=O) groups excluding carboxylic acids is 1. The van der Waals surface area contributed by atoms with Crippen molar-refractivity contribution in [1.29, 1.82) is 0 Å². The lowest BCUT2D eigenvalue weighted by Crippen LogP contribution is -2.21. The third kappa shape index (κ3) is 7.90. The van der Waals surface area contributed by atoms with E-state index in [9.17, 15) is 4.79 Å². The van der Waals surface area contributed by atoms with Gasteiger partial charge in [0.1, 0.15) is 18.1 Å². The molecular weight excluding hydrogens is 388 g/mol. The van der Waals surface area contributed by atoms with Crippen LogP contribution in [-0.2, 0) is 11.2 Å². The topological polar surface area (TPSA) is 59.6 Å². The number of rotatable bonds is 12. The van der Waals surface area contributed by atoms with Gasteiger partial charge in [0.05, 0.1) is 13.2 Å². The second-order valence-corrected chi connectivity index (χ2v) is 6.99. The molecule has 2 N–H and O–H groups in total. The molecule has 5 heteroatoms. The van der Waals surface area contributed by atoms with E-state index in [4.69, 9.17) is 9.47 Å². The highest BCUT2D eigenvalue weighted by molar-refractivity contribution is 5.93. The summed E-state index contributed by atoms with van der Waals surface area (Å²) in [5, 5.41) is 5.97. The maximum Gasteiger partial charge on any atom is 0.243 e. The van der Waals surface area contributed by atoms with Crippen LogP contribution in [-0.4, -0.2) is 25.7 Å². The van der Waals surface area contributed by atoms with Crippen LogP contribution in [0.15, 0.2) is 91.5 Å². The molecule has 0 spiro atoms. The third-order valence-electron chi connectivity index (χ3n) is 4.53. The zero-order valence-electron chi connectivity index (χ0n) is 17.6. The summed E-state index contributed by atoms with van der Waals surface area (Å²) >= 11 is 0. The van der Waals surface area contributed by atoms with Crippen molar-refractivity contribution in [2.45, 2.75) is 12.8 Å². The Kier molecular flexibility index (Phi) is 8.56. The number of ether oxygens (including phenoxy) is 2. The Bertz CT molecular complexity index is 939. The summed E-state index contributed by atoms with van der Waals surface area (Å²) in [6.45, 7) is 4.91. The van der Waals surface area contributed by atoms with Gasteiger partial charge in [-0.15, -0.1) is 0 Å². The summed E-state index contributed by atoms with van der Waals surface area (Å²) in [6.07, 6.45) is 3.65. The summed E-state index contributed by atoms with van der Waals surface area (Å²) in [4.78, 5) is 12.2. The van der Waals surface area contributed by atoms with Crippen molar-refractivity contribution in [3.63, 3.8) is 0 Å². The second-order valence-electron chi connectivity index (χ2n) is 6.99. The highest BCUT2D eigenvalue weighted by atomic mass is 16.5. The average Bonchev–Trinajstić information content (AvgIpc) is 2.81. The van der Waals surface area contributed by atoms with Crippen molar-refractivity contribution in [3.8, 4) is 11.5 Å². The van der Waals surface area contributed by atoms with Crippen molar-refractivity contribution in [1.82, 2.24) is 0 Å². The zero-order valence-corrected chi connectivity index (χ0v) is 17.6. The van der Waals surface area contributed by atoms with Crippen molar-refractivity contribution in [2.24, 2.45) is 0 Å². The van der Waals surface area contributed by atoms with Gasteiger partial charge in [-0.25, -0.2) is 0 Å². The van der Waals surface area contributed by atoms with Gasteiger partial charge in [-0.2, -0.15) is 0 Å². The number of amides is 1. The number of hydrogen-bond donors (Lipinski definition) is 2. The van der Waals surface area contributed by atoms with Crippen molar-refractivity contribution < 1.29 is 14.3 Å². The fourth-order valence-corrected chi connectivity index (χ4v) is 2.96. The molecule has 0 aliphatic carbocycles. The lowest BCUT2D eigenvalue weighted by Gasteiger charge is -2.10. The van der Waals surface area contributed by atoms with E-state index in [1.54, 1.807) is 18.2 Å². The molecular formula is C26H28N2O3. The van der Waals surface area contributed by atoms with E-state index in [1.807, 2.05) is 42.5 Å². The third-order valence-corrected chi connectivity index (χ3v) is 4.53. The molecule has 0 unspecified atom stereocenters. The highest BCUT2D eigenvalue weighted by Gasteiger charge is 2.03. The molecule has 0 bridgehead atoms. The molecule has 0 atom stereocenters. The largest absolute Gasteiger partial charge is 0.494 e. The zero-order chi connectivity index (χ0) is 21.7. The van der Waals surface area contributed by atoms with Gasteiger partial charge in [-0.3, -0.25) is 4.79 Å². The number of benzene rings is 3. The first kappa shape index (κ1) is 22.0. The molecule has 160 valence electrons. The van der Waals surface area contributed by atoms with Gasteiger partial charge in [-0.05, 0) is 66.9 Å². The van der Waals surface area contributed by atoms with Gasteiger partial charge >= 0.3 is 0 Å². The summed E-state index contributed by atoms with van der Waals surface area (Å²) in [5.74, 6) is 1.43. The molecule has 0 saturated heterocycles. The van der Waals surface area contributed by atoms with E-state index in [0.29, 0.717) is 13.2 Å². The van der Waals surface area contributed by atoms with Gasteiger partial charge in [0, 0.05) is 11.4 Å². The fourth-order valence-electron chi connectivity index (χ4n) is 2.96. The molecule has 0 aliphatic heterocycles. The van der Waals surface area contributed by atoms with Gasteiger partial charge < -0.3 is 20.1 Å². The Labute approximate surface area is 183 Å². The number of hydrogen-bond acceptors (Lipinski definition) is 4. The molecule has 1 amide bonds. The molecule has 3 aromatic carbocycles. The van der Waals surface area contributed by atoms with Crippen molar-refractivity contribution in [2.75, 3.05) is 30.4 Å². The van der Waals surface area contributed by atoms with E-state index in [-0.39, 0.29) is 12.5 Å². The monoisotopic (exact) mass is 416 g/mol. The van der Waals surface area contributed by atoms with Crippen LogP contribution in [0.4, 0.5) is 11.4 Å². The average molecular weight is 417 g/mol. The van der Waals surface area contributed by atoms with E-state index >= 15 is 0 Å².